The minimum absolute atomic E-state index is 0.0733. The molecule has 0 unspecified atom stereocenters. The molecule has 10 nitrogen and oxygen atoms in total. The van der Waals surface area contributed by atoms with Crippen LogP contribution in [0.2, 0.25) is 0 Å². The number of aliphatic hydroxyl groups is 1. The predicted octanol–water partition coefficient (Wildman–Crippen LogP) is 5.76. The van der Waals surface area contributed by atoms with Gasteiger partial charge in [0, 0.05) is 63.5 Å². The molecule has 3 heterocycles. The molecule has 6 aromatic rings. The van der Waals surface area contributed by atoms with E-state index in [1.807, 2.05) is 24.3 Å². The molecule has 0 radical (unpaired) electrons. The normalized spacial score (nSPS) is 14.3. The first-order chi connectivity index (χ1) is 21.8. The average molecular weight is 620 g/mol. The molecule has 6 N–H and O–H groups in total. The second kappa shape index (κ2) is 11.3. The Labute approximate surface area is 262 Å². The van der Waals surface area contributed by atoms with E-state index in [1.165, 1.54) is 0 Å². The van der Waals surface area contributed by atoms with E-state index in [0.29, 0.717) is 51.5 Å². The van der Waals surface area contributed by atoms with Gasteiger partial charge in [-0.1, -0.05) is 24.3 Å². The van der Waals surface area contributed by atoms with Gasteiger partial charge in [0.2, 0.25) is 5.91 Å². The number of aromatic hydroxyl groups is 1. The molecule has 0 bridgehead atoms. The molecule has 0 saturated carbocycles. The third kappa shape index (κ3) is 5.15. The molecule has 1 atom stereocenters. The van der Waals surface area contributed by atoms with Crippen LogP contribution in [0.15, 0.2) is 78.9 Å². The van der Waals surface area contributed by atoms with Gasteiger partial charge in [0.1, 0.15) is 17.1 Å². The number of phenolic OH excluding ortho intramolecular Hbond substituents is 1. The monoisotopic (exact) mass is 619 g/mol. The first kappa shape index (κ1) is 28.5. The molecule has 0 spiro atoms. The van der Waals surface area contributed by atoms with Crippen molar-refractivity contribution < 1.29 is 24.6 Å². The third-order valence-electron chi connectivity index (χ3n) is 8.21. The molecule has 0 fully saturated rings. The number of phenols is 1. The summed E-state index contributed by atoms with van der Waals surface area (Å²) < 4.78 is 0. The Hall–Kier alpha value is -5.26. The standard InChI is InChI=1S/C34H29N5O5S/c40-17-20-16-39(29-15-30(41)23-3-1-2-4-24(23)32(20)29)34(44)28-14-19-12-22(6-8-26(19)38-28)36-33(43)27-13-18-11-21(5-7-25(18)37-27)35-31(42)9-10-45/h1-8,11-15,20,37-38,40-41,45H,9-10,16-17H2,(H,35,42)(H,36,43)/t20-/m0/s1. The Bertz CT molecular complexity index is 2150. The smallest absolute Gasteiger partial charge is 0.274 e. The topological polar surface area (TPSA) is 151 Å². The van der Waals surface area contributed by atoms with Crippen molar-refractivity contribution in [3.8, 4) is 5.75 Å². The maximum absolute atomic E-state index is 13.8. The molecule has 7 rings (SSSR count). The summed E-state index contributed by atoms with van der Waals surface area (Å²) in [5.74, 6) is -0.513. The van der Waals surface area contributed by atoms with E-state index in [9.17, 15) is 24.6 Å². The van der Waals surface area contributed by atoms with E-state index in [0.717, 1.165) is 27.2 Å². The van der Waals surface area contributed by atoms with E-state index in [4.69, 9.17) is 0 Å². The number of fused-ring (bicyclic) bond motifs is 5. The van der Waals surface area contributed by atoms with Gasteiger partial charge in [-0.05, 0) is 65.2 Å². The summed E-state index contributed by atoms with van der Waals surface area (Å²) in [6.45, 7) is 0.147. The van der Waals surface area contributed by atoms with Gasteiger partial charge < -0.3 is 35.7 Å². The zero-order chi connectivity index (χ0) is 31.2. The van der Waals surface area contributed by atoms with Crippen molar-refractivity contribution in [2.45, 2.75) is 12.3 Å². The highest BCUT2D eigenvalue weighted by Gasteiger charge is 2.35. The van der Waals surface area contributed by atoms with Crippen molar-refractivity contribution in [3.63, 3.8) is 0 Å². The van der Waals surface area contributed by atoms with Crippen LogP contribution < -0.4 is 15.5 Å². The molecular weight excluding hydrogens is 590 g/mol. The number of aliphatic hydroxyl groups excluding tert-OH is 1. The lowest BCUT2D eigenvalue weighted by Gasteiger charge is -2.17. The molecule has 2 aromatic heterocycles. The molecule has 4 aromatic carbocycles. The SMILES string of the molecule is O=C(CCS)Nc1ccc2[nH]c(C(=O)Nc3ccc4[nH]c(C(=O)N5C[C@@H](CO)c6c5cc(O)c5ccccc65)cc4c3)cc2c1. The van der Waals surface area contributed by atoms with Crippen molar-refractivity contribution >= 4 is 80.0 Å². The summed E-state index contributed by atoms with van der Waals surface area (Å²) in [6, 6.07) is 23.2. The number of H-pyrrole nitrogens is 2. The van der Waals surface area contributed by atoms with Crippen LogP contribution >= 0.6 is 12.6 Å². The fourth-order valence-corrected chi connectivity index (χ4v) is 6.30. The average Bonchev–Trinajstić information content (AvgIpc) is 3.75. The molecule has 11 heteroatoms. The number of aromatic amines is 2. The quantitative estimate of drug-likeness (QED) is 0.114. The summed E-state index contributed by atoms with van der Waals surface area (Å²) >= 11 is 4.08. The molecule has 0 saturated heterocycles. The van der Waals surface area contributed by atoms with Crippen LogP contribution in [-0.2, 0) is 4.79 Å². The maximum atomic E-state index is 13.8. The van der Waals surface area contributed by atoms with Gasteiger partial charge in [0.25, 0.3) is 11.8 Å². The molecule has 45 heavy (non-hydrogen) atoms. The van der Waals surface area contributed by atoms with Crippen LogP contribution in [0.3, 0.4) is 0 Å². The van der Waals surface area contributed by atoms with Gasteiger partial charge in [-0.15, -0.1) is 0 Å². The van der Waals surface area contributed by atoms with E-state index >= 15 is 0 Å². The number of carbonyl (C=O) groups is 3. The Morgan fingerprint density at radius 2 is 1.49 bits per heavy atom. The van der Waals surface area contributed by atoms with Crippen molar-refractivity contribution in [3.05, 3.63) is 95.8 Å². The molecule has 1 aliphatic rings. The van der Waals surface area contributed by atoms with Crippen molar-refractivity contribution in [1.29, 1.82) is 0 Å². The number of amides is 3. The van der Waals surface area contributed by atoms with Crippen LogP contribution in [0.4, 0.5) is 17.1 Å². The highest BCUT2D eigenvalue weighted by molar-refractivity contribution is 7.80. The molecule has 226 valence electrons. The van der Waals surface area contributed by atoms with Gasteiger partial charge >= 0.3 is 0 Å². The van der Waals surface area contributed by atoms with E-state index in [1.54, 1.807) is 59.5 Å². The summed E-state index contributed by atoms with van der Waals surface area (Å²) in [6.07, 6.45) is 0.307. The largest absolute Gasteiger partial charge is 0.507 e. The van der Waals surface area contributed by atoms with Gasteiger partial charge in [-0.25, -0.2) is 0 Å². The van der Waals surface area contributed by atoms with Crippen LogP contribution in [0.5, 0.6) is 5.75 Å². The van der Waals surface area contributed by atoms with Gasteiger partial charge in [0.05, 0.1) is 12.3 Å². The summed E-state index contributed by atoms with van der Waals surface area (Å²) in [4.78, 5) is 46.7. The lowest BCUT2D eigenvalue weighted by atomic mass is 9.95. The Balaban J connectivity index is 1.12. The maximum Gasteiger partial charge on any atom is 0.274 e. The zero-order valence-electron chi connectivity index (χ0n) is 23.9. The fourth-order valence-electron chi connectivity index (χ4n) is 6.10. The van der Waals surface area contributed by atoms with E-state index in [-0.39, 0.29) is 42.5 Å². The minimum Gasteiger partial charge on any atom is -0.507 e. The zero-order valence-corrected chi connectivity index (χ0v) is 24.8. The van der Waals surface area contributed by atoms with Gasteiger partial charge in [-0.3, -0.25) is 14.4 Å². The number of hydrogen-bond donors (Lipinski definition) is 7. The minimum atomic E-state index is -0.339. The van der Waals surface area contributed by atoms with Gasteiger partial charge in [-0.2, -0.15) is 12.6 Å². The van der Waals surface area contributed by atoms with Crippen LogP contribution in [-0.4, -0.2) is 56.8 Å². The van der Waals surface area contributed by atoms with Crippen molar-refractivity contribution in [2.24, 2.45) is 0 Å². The third-order valence-corrected chi connectivity index (χ3v) is 8.43. The van der Waals surface area contributed by atoms with E-state index < -0.39 is 0 Å². The lowest BCUT2D eigenvalue weighted by molar-refractivity contribution is -0.115. The van der Waals surface area contributed by atoms with Crippen LogP contribution in [0.25, 0.3) is 32.6 Å². The number of nitrogens with zero attached hydrogens (tertiary/aromatic N) is 1. The van der Waals surface area contributed by atoms with Gasteiger partial charge in [0.15, 0.2) is 0 Å². The predicted molar refractivity (Wildman–Crippen MR) is 179 cm³/mol. The summed E-state index contributed by atoms with van der Waals surface area (Å²) in [5, 5.41) is 29.6. The molecule has 1 aliphatic heterocycles. The molecule has 3 amide bonds. The van der Waals surface area contributed by atoms with Crippen LogP contribution in [0.1, 0.15) is 38.9 Å². The number of benzene rings is 4. The number of thiol groups is 1. The first-order valence-electron chi connectivity index (χ1n) is 14.5. The summed E-state index contributed by atoms with van der Waals surface area (Å²) in [7, 11) is 0. The fraction of sp³-hybridized carbons (Fsp3) is 0.147. The number of carbonyl (C=O) groups excluding carboxylic acids is 3. The van der Waals surface area contributed by atoms with E-state index in [2.05, 4.69) is 33.2 Å². The Morgan fingerprint density at radius 1 is 0.844 bits per heavy atom. The van der Waals surface area contributed by atoms with Crippen molar-refractivity contribution in [2.75, 3.05) is 34.4 Å². The Morgan fingerprint density at radius 3 is 2.18 bits per heavy atom. The second-order valence-electron chi connectivity index (χ2n) is 11.1. The van der Waals surface area contributed by atoms with Crippen LogP contribution in [0, 0.1) is 0 Å². The van der Waals surface area contributed by atoms with Crippen molar-refractivity contribution in [1.82, 2.24) is 9.97 Å². The number of aromatic nitrogens is 2. The number of anilines is 3. The first-order valence-corrected chi connectivity index (χ1v) is 15.1. The highest BCUT2D eigenvalue weighted by Crippen LogP contribution is 2.45. The summed E-state index contributed by atoms with van der Waals surface area (Å²) in [5.41, 5.74) is 4.78. The second-order valence-corrected chi connectivity index (χ2v) is 11.6. The molecule has 0 aliphatic carbocycles. The molecular formula is C34H29N5O5S. The number of hydrogen-bond acceptors (Lipinski definition) is 6. The Kier molecular flexibility index (Phi) is 7.19. The number of nitrogens with one attached hydrogen (secondary N) is 4. The lowest BCUT2D eigenvalue weighted by Crippen LogP contribution is -2.30. The number of rotatable bonds is 7. The highest BCUT2D eigenvalue weighted by atomic mass is 32.1.